The highest BCUT2D eigenvalue weighted by atomic mass is 16.5. The molecular formula is C39H45NO5. The Kier molecular flexibility index (Phi) is 8.38. The monoisotopic (exact) mass is 607 g/mol. The maximum atomic E-state index is 14.1. The molecule has 0 spiro atoms. The van der Waals surface area contributed by atoms with Crippen molar-refractivity contribution in [2.75, 3.05) is 26.9 Å². The summed E-state index contributed by atoms with van der Waals surface area (Å²) in [4.78, 5) is 30.4. The molecule has 3 aliphatic rings. The molecule has 3 aromatic carbocycles. The molecule has 45 heavy (non-hydrogen) atoms. The van der Waals surface area contributed by atoms with Crippen molar-refractivity contribution in [3.63, 3.8) is 0 Å². The van der Waals surface area contributed by atoms with Crippen LogP contribution in [-0.4, -0.2) is 43.3 Å². The van der Waals surface area contributed by atoms with Crippen LogP contribution in [0.15, 0.2) is 83.2 Å². The topological polar surface area (TPSA) is 65.1 Å². The van der Waals surface area contributed by atoms with Gasteiger partial charge in [0.1, 0.15) is 6.61 Å². The molecule has 0 aromatic heterocycles. The van der Waals surface area contributed by atoms with E-state index in [0.29, 0.717) is 50.7 Å². The van der Waals surface area contributed by atoms with Crippen LogP contribution in [-0.2, 0) is 20.9 Å². The standard InChI is InChI=1S/C39H45NO5/c1-7-44-34-19-26(15-16-33(34)45-24-27-13-10-12-25-11-8-9-14-28(25)27)35-36-29(20-38(2,3)22-31(36)41)40(17-18-43-6)30-21-39(4,5)23-32(42)37(30)35/h8-16,19,35H,7,17-18,20-24H2,1-6H3. The van der Waals surface area contributed by atoms with Crippen molar-refractivity contribution < 1.29 is 23.8 Å². The maximum absolute atomic E-state index is 14.1. The van der Waals surface area contributed by atoms with Crippen molar-refractivity contribution in [3.8, 4) is 11.5 Å². The van der Waals surface area contributed by atoms with Gasteiger partial charge in [0.05, 0.1) is 13.2 Å². The summed E-state index contributed by atoms with van der Waals surface area (Å²) in [6.07, 6.45) is 2.44. The summed E-state index contributed by atoms with van der Waals surface area (Å²) in [5, 5.41) is 2.33. The third kappa shape index (κ3) is 6.05. The molecule has 0 atom stereocenters. The molecule has 6 heteroatoms. The highest BCUT2D eigenvalue weighted by Crippen LogP contribution is 2.55. The molecule has 0 saturated heterocycles. The van der Waals surface area contributed by atoms with E-state index >= 15 is 0 Å². The normalized spacial score (nSPS) is 19.6. The molecule has 0 saturated carbocycles. The van der Waals surface area contributed by atoms with E-state index in [1.54, 1.807) is 7.11 Å². The minimum absolute atomic E-state index is 0.118. The van der Waals surface area contributed by atoms with Crippen LogP contribution in [0.2, 0.25) is 0 Å². The summed E-state index contributed by atoms with van der Waals surface area (Å²) in [6, 6.07) is 20.5. The van der Waals surface area contributed by atoms with Crippen LogP contribution in [0, 0.1) is 10.8 Å². The number of hydrogen-bond acceptors (Lipinski definition) is 6. The Morgan fingerprint density at radius 2 is 1.42 bits per heavy atom. The lowest BCUT2D eigenvalue weighted by Gasteiger charge is -2.49. The fraction of sp³-hybridized carbons (Fsp3) is 0.436. The summed E-state index contributed by atoms with van der Waals surface area (Å²) >= 11 is 0. The van der Waals surface area contributed by atoms with Crippen molar-refractivity contribution in [1.82, 2.24) is 4.90 Å². The van der Waals surface area contributed by atoms with Gasteiger partial charge < -0.3 is 19.1 Å². The van der Waals surface area contributed by atoms with Crippen LogP contribution in [0.4, 0.5) is 0 Å². The van der Waals surface area contributed by atoms with Gasteiger partial charge in [-0.05, 0) is 64.6 Å². The van der Waals surface area contributed by atoms with Gasteiger partial charge in [-0.25, -0.2) is 0 Å². The minimum atomic E-state index is -0.438. The number of rotatable bonds is 9. The highest BCUT2D eigenvalue weighted by Gasteiger charge is 2.49. The Labute approximate surface area is 267 Å². The summed E-state index contributed by atoms with van der Waals surface area (Å²) in [7, 11) is 1.70. The smallest absolute Gasteiger partial charge is 0.162 e. The maximum Gasteiger partial charge on any atom is 0.162 e. The molecule has 0 unspecified atom stereocenters. The van der Waals surface area contributed by atoms with Gasteiger partial charge in [0.15, 0.2) is 23.1 Å². The molecule has 1 aliphatic heterocycles. The molecule has 236 valence electrons. The average Bonchev–Trinajstić information content (AvgIpc) is 2.98. The van der Waals surface area contributed by atoms with E-state index in [1.807, 2.05) is 43.3 Å². The lowest BCUT2D eigenvalue weighted by molar-refractivity contribution is -0.119. The van der Waals surface area contributed by atoms with Crippen LogP contribution >= 0.6 is 0 Å². The molecular weight excluding hydrogens is 562 g/mol. The number of fused-ring (bicyclic) bond motifs is 1. The Hall–Kier alpha value is -3.90. The largest absolute Gasteiger partial charge is 0.490 e. The van der Waals surface area contributed by atoms with E-state index in [4.69, 9.17) is 14.2 Å². The third-order valence-electron chi connectivity index (χ3n) is 9.40. The molecule has 6 rings (SSSR count). The van der Waals surface area contributed by atoms with Gasteiger partial charge >= 0.3 is 0 Å². The second-order valence-corrected chi connectivity index (χ2v) is 14.2. The molecule has 1 heterocycles. The first-order valence-corrected chi connectivity index (χ1v) is 16.2. The van der Waals surface area contributed by atoms with E-state index in [-0.39, 0.29) is 22.4 Å². The first-order chi connectivity index (χ1) is 21.5. The average molecular weight is 608 g/mol. The van der Waals surface area contributed by atoms with Crippen molar-refractivity contribution >= 4 is 22.3 Å². The van der Waals surface area contributed by atoms with Gasteiger partial charge in [0, 0.05) is 55.0 Å². The zero-order valence-corrected chi connectivity index (χ0v) is 27.5. The quantitative estimate of drug-likeness (QED) is 0.245. The number of ether oxygens (including phenoxy) is 3. The van der Waals surface area contributed by atoms with Crippen molar-refractivity contribution in [1.29, 1.82) is 0 Å². The number of ketones is 2. The Morgan fingerprint density at radius 3 is 2.07 bits per heavy atom. The SMILES string of the molecule is CCOc1cc(C2C3=C(CC(C)(C)CC3=O)N(CCOC)C3=C2C(=O)CC(C)(C)C3)ccc1OCc1cccc2ccccc12. The van der Waals surface area contributed by atoms with Gasteiger partial charge in [0.2, 0.25) is 0 Å². The van der Waals surface area contributed by atoms with Gasteiger partial charge in [-0.15, -0.1) is 0 Å². The van der Waals surface area contributed by atoms with Crippen molar-refractivity contribution in [2.45, 2.75) is 72.8 Å². The number of benzene rings is 3. The van der Waals surface area contributed by atoms with E-state index in [2.05, 4.69) is 56.9 Å². The molecule has 3 aromatic rings. The summed E-state index contributed by atoms with van der Waals surface area (Å²) in [5.74, 6) is 1.06. The number of Topliss-reactive ketones (excluding diaryl/α,β-unsaturated/α-hetero) is 2. The first kappa shape index (κ1) is 31.1. The van der Waals surface area contributed by atoms with Gasteiger partial charge in [0.25, 0.3) is 0 Å². The van der Waals surface area contributed by atoms with Crippen LogP contribution in [0.25, 0.3) is 10.8 Å². The summed E-state index contributed by atoms with van der Waals surface area (Å²) in [6.45, 7) is 12.6. The van der Waals surface area contributed by atoms with Gasteiger partial charge in [-0.2, -0.15) is 0 Å². The number of nitrogens with zero attached hydrogens (tertiary/aromatic N) is 1. The van der Waals surface area contributed by atoms with E-state index < -0.39 is 5.92 Å². The molecule has 0 radical (unpaired) electrons. The Bertz CT molecular complexity index is 1650. The highest BCUT2D eigenvalue weighted by molar-refractivity contribution is 6.06. The Balaban J connectivity index is 1.44. The summed E-state index contributed by atoms with van der Waals surface area (Å²) in [5.41, 5.74) is 5.23. The van der Waals surface area contributed by atoms with Crippen molar-refractivity contribution in [2.24, 2.45) is 10.8 Å². The number of carbonyl (C=O) groups is 2. The summed E-state index contributed by atoms with van der Waals surface area (Å²) < 4.78 is 18.1. The number of allylic oxidation sites excluding steroid dienone is 4. The van der Waals surface area contributed by atoms with E-state index in [0.717, 1.165) is 51.9 Å². The van der Waals surface area contributed by atoms with Gasteiger partial charge in [-0.1, -0.05) is 76.2 Å². The predicted octanol–water partition coefficient (Wildman–Crippen LogP) is 8.15. The molecule has 0 fully saturated rings. The lowest BCUT2D eigenvalue weighted by Crippen LogP contribution is -2.45. The first-order valence-electron chi connectivity index (χ1n) is 16.2. The number of hydrogen-bond donors (Lipinski definition) is 0. The lowest BCUT2D eigenvalue weighted by atomic mass is 9.63. The zero-order chi connectivity index (χ0) is 31.9. The zero-order valence-electron chi connectivity index (χ0n) is 27.5. The predicted molar refractivity (Wildman–Crippen MR) is 177 cm³/mol. The van der Waals surface area contributed by atoms with E-state index in [1.165, 1.54) is 5.39 Å². The second kappa shape index (κ2) is 12.1. The van der Waals surface area contributed by atoms with Crippen LogP contribution in [0.3, 0.4) is 0 Å². The minimum Gasteiger partial charge on any atom is -0.490 e. The fourth-order valence-electron chi connectivity index (χ4n) is 7.50. The number of methoxy groups -OCH3 is 1. The molecule has 0 bridgehead atoms. The van der Waals surface area contributed by atoms with Crippen molar-refractivity contribution in [3.05, 3.63) is 94.3 Å². The van der Waals surface area contributed by atoms with Crippen LogP contribution in [0.5, 0.6) is 11.5 Å². The van der Waals surface area contributed by atoms with Crippen LogP contribution in [0.1, 0.15) is 77.3 Å². The second-order valence-electron chi connectivity index (χ2n) is 14.2. The third-order valence-corrected chi connectivity index (χ3v) is 9.40. The van der Waals surface area contributed by atoms with Crippen LogP contribution < -0.4 is 9.47 Å². The fourth-order valence-corrected chi connectivity index (χ4v) is 7.50. The van der Waals surface area contributed by atoms with Gasteiger partial charge in [-0.3, -0.25) is 9.59 Å². The molecule has 0 amide bonds. The number of carbonyl (C=O) groups excluding carboxylic acids is 2. The molecule has 2 aliphatic carbocycles. The molecule has 6 nitrogen and oxygen atoms in total. The Morgan fingerprint density at radius 1 is 0.778 bits per heavy atom. The molecule has 0 N–H and O–H groups in total. The van der Waals surface area contributed by atoms with E-state index in [9.17, 15) is 9.59 Å².